The molecule has 5 N–H and O–H groups in total. The van der Waals surface area contributed by atoms with Crippen LogP contribution in [-0.2, 0) is 4.79 Å². The van der Waals surface area contributed by atoms with Crippen LogP contribution in [0.4, 0.5) is 5.69 Å². The van der Waals surface area contributed by atoms with Crippen LogP contribution in [0.25, 0.3) is 0 Å². The first-order chi connectivity index (χ1) is 9.00. The Kier molecular flexibility index (Phi) is 3.92. The molecule has 0 radical (unpaired) electrons. The monoisotopic (exact) mass is 282 g/mol. The third kappa shape index (κ3) is 2.80. The average Bonchev–Trinajstić information content (AvgIpc) is 2.38. The number of piperazine rings is 1. The van der Waals surface area contributed by atoms with Gasteiger partial charge in [-0.05, 0) is 18.2 Å². The Morgan fingerprint density at radius 2 is 2.11 bits per heavy atom. The lowest BCUT2D eigenvalue weighted by molar-refractivity contribution is -0.119. The number of halogens is 1. The predicted octanol–water partition coefficient (Wildman–Crippen LogP) is -0.298. The van der Waals surface area contributed by atoms with Gasteiger partial charge < -0.3 is 21.7 Å². The fourth-order valence-electron chi connectivity index (χ4n) is 2.20. The van der Waals surface area contributed by atoms with Crippen molar-refractivity contribution < 1.29 is 9.59 Å². The number of benzene rings is 1. The van der Waals surface area contributed by atoms with Gasteiger partial charge in [0.25, 0.3) is 5.91 Å². The molecule has 1 aromatic rings. The number of carbonyl (C=O) groups is 2. The van der Waals surface area contributed by atoms with Gasteiger partial charge in [-0.25, -0.2) is 0 Å². The second kappa shape index (κ2) is 5.46. The number of nitrogens with one attached hydrogen (secondary N) is 1. The van der Waals surface area contributed by atoms with Crippen molar-refractivity contribution in [3.63, 3.8) is 0 Å². The summed E-state index contributed by atoms with van der Waals surface area (Å²) in [6.45, 7) is 1.67. The van der Waals surface area contributed by atoms with Crippen LogP contribution in [-0.4, -0.2) is 37.5 Å². The first kappa shape index (κ1) is 13.6. The minimum atomic E-state index is -0.562. The van der Waals surface area contributed by atoms with Crippen molar-refractivity contribution in [3.8, 4) is 0 Å². The zero-order valence-corrected chi connectivity index (χ0v) is 11.0. The molecule has 1 unspecified atom stereocenters. The maximum absolute atomic E-state index is 11.5. The number of anilines is 1. The normalized spacial score (nSPS) is 19.2. The number of hydrogen-bond donors (Lipinski definition) is 3. The number of carbonyl (C=O) groups excluding carboxylic acids is 2. The quantitative estimate of drug-likeness (QED) is 0.708. The fourth-order valence-corrected chi connectivity index (χ4v) is 2.36. The minimum absolute atomic E-state index is 0.331. The summed E-state index contributed by atoms with van der Waals surface area (Å²) in [5.74, 6) is -1.02. The number of amides is 2. The van der Waals surface area contributed by atoms with Crippen molar-refractivity contribution in [2.24, 2.45) is 11.5 Å². The van der Waals surface area contributed by atoms with E-state index in [4.69, 9.17) is 23.1 Å². The summed E-state index contributed by atoms with van der Waals surface area (Å²) in [7, 11) is 0. The molecule has 6 nitrogen and oxygen atoms in total. The highest BCUT2D eigenvalue weighted by molar-refractivity contribution is 6.31. The number of hydrogen-bond acceptors (Lipinski definition) is 4. The van der Waals surface area contributed by atoms with E-state index in [0.29, 0.717) is 35.9 Å². The highest BCUT2D eigenvalue weighted by Crippen LogP contribution is 2.27. The fraction of sp³-hybridized carbons (Fsp3) is 0.333. The third-order valence-electron chi connectivity index (χ3n) is 3.11. The average molecular weight is 283 g/mol. The van der Waals surface area contributed by atoms with Gasteiger partial charge >= 0.3 is 0 Å². The zero-order chi connectivity index (χ0) is 14.0. The number of primary amides is 2. The van der Waals surface area contributed by atoms with Gasteiger partial charge in [0.05, 0.1) is 11.3 Å². The summed E-state index contributed by atoms with van der Waals surface area (Å²) in [6.07, 6.45) is 0. The molecule has 0 spiro atoms. The molecule has 1 atom stereocenters. The van der Waals surface area contributed by atoms with Crippen LogP contribution < -0.4 is 21.7 Å². The molecule has 1 aliphatic heterocycles. The third-order valence-corrected chi connectivity index (χ3v) is 3.34. The van der Waals surface area contributed by atoms with Gasteiger partial charge in [-0.15, -0.1) is 0 Å². The molecular weight excluding hydrogens is 268 g/mol. The van der Waals surface area contributed by atoms with E-state index in [1.165, 1.54) is 0 Å². The first-order valence-electron chi connectivity index (χ1n) is 5.86. The Morgan fingerprint density at radius 1 is 1.37 bits per heavy atom. The summed E-state index contributed by atoms with van der Waals surface area (Å²) < 4.78 is 0. The number of rotatable bonds is 3. The van der Waals surface area contributed by atoms with Gasteiger partial charge in [0, 0.05) is 24.7 Å². The van der Waals surface area contributed by atoms with Crippen molar-refractivity contribution in [1.29, 1.82) is 0 Å². The van der Waals surface area contributed by atoms with Crippen molar-refractivity contribution in [3.05, 3.63) is 28.8 Å². The lowest BCUT2D eigenvalue weighted by Crippen LogP contribution is -2.57. The minimum Gasteiger partial charge on any atom is -0.368 e. The maximum atomic E-state index is 11.5. The maximum Gasteiger partial charge on any atom is 0.250 e. The molecule has 2 rings (SSSR count). The molecule has 1 aromatic carbocycles. The first-order valence-corrected chi connectivity index (χ1v) is 6.24. The van der Waals surface area contributed by atoms with Crippen molar-refractivity contribution in [2.75, 3.05) is 24.5 Å². The van der Waals surface area contributed by atoms with Crippen LogP contribution in [0.5, 0.6) is 0 Å². The van der Waals surface area contributed by atoms with E-state index in [1.807, 2.05) is 0 Å². The van der Waals surface area contributed by atoms with Crippen LogP contribution in [0, 0.1) is 0 Å². The second-order valence-corrected chi connectivity index (χ2v) is 4.78. The van der Waals surface area contributed by atoms with Crippen molar-refractivity contribution in [1.82, 2.24) is 5.32 Å². The molecule has 7 heteroatoms. The lowest BCUT2D eigenvalue weighted by atomic mass is 10.1. The van der Waals surface area contributed by atoms with E-state index in [1.54, 1.807) is 23.1 Å². The van der Waals surface area contributed by atoms with Gasteiger partial charge in [0.15, 0.2) is 0 Å². The van der Waals surface area contributed by atoms with E-state index in [-0.39, 0.29) is 0 Å². The highest BCUT2D eigenvalue weighted by Gasteiger charge is 2.29. The van der Waals surface area contributed by atoms with Crippen molar-refractivity contribution in [2.45, 2.75) is 6.04 Å². The second-order valence-electron chi connectivity index (χ2n) is 4.34. The Balaban J connectivity index is 2.46. The van der Waals surface area contributed by atoms with E-state index in [9.17, 15) is 9.59 Å². The lowest BCUT2D eigenvalue weighted by Gasteiger charge is -2.36. The zero-order valence-electron chi connectivity index (χ0n) is 10.2. The molecule has 0 bridgehead atoms. The van der Waals surface area contributed by atoms with E-state index in [2.05, 4.69) is 5.32 Å². The Bertz CT molecular complexity index is 520. The van der Waals surface area contributed by atoms with Gasteiger partial charge in [-0.2, -0.15) is 0 Å². The summed E-state index contributed by atoms with van der Waals surface area (Å²) in [4.78, 5) is 24.7. The molecule has 0 aliphatic carbocycles. The Morgan fingerprint density at radius 3 is 2.74 bits per heavy atom. The molecule has 1 heterocycles. The van der Waals surface area contributed by atoms with E-state index in [0.717, 1.165) is 0 Å². The largest absolute Gasteiger partial charge is 0.368 e. The van der Waals surface area contributed by atoms with Crippen LogP contribution in [0.15, 0.2) is 18.2 Å². The van der Waals surface area contributed by atoms with Crippen LogP contribution >= 0.6 is 11.6 Å². The van der Waals surface area contributed by atoms with Crippen molar-refractivity contribution >= 4 is 29.1 Å². The van der Waals surface area contributed by atoms with Gasteiger partial charge in [-0.3, -0.25) is 9.59 Å². The van der Waals surface area contributed by atoms with Gasteiger partial charge in [0.2, 0.25) is 5.91 Å². The molecule has 2 amide bonds. The summed E-state index contributed by atoms with van der Waals surface area (Å²) in [5.41, 5.74) is 11.6. The van der Waals surface area contributed by atoms with Gasteiger partial charge in [-0.1, -0.05) is 11.6 Å². The van der Waals surface area contributed by atoms with E-state index < -0.39 is 17.9 Å². The Hall–Kier alpha value is -1.79. The van der Waals surface area contributed by atoms with Crippen LogP contribution in [0.3, 0.4) is 0 Å². The summed E-state index contributed by atoms with van der Waals surface area (Å²) in [6, 6.07) is 4.25. The summed E-state index contributed by atoms with van der Waals surface area (Å²) in [5, 5.41) is 3.56. The summed E-state index contributed by atoms with van der Waals surface area (Å²) >= 11 is 5.96. The standard InChI is InChI=1S/C12H15ClN4O2/c13-7-1-2-8(11(14)18)9(5-7)17-4-3-16-6-10(17)12(15)19/h1-2,5,10,16H,3-4,6H2,(H2,14,18)(H2,15,19). The topological polar surface area (TPSA) is 101 Å². The molecular formula is C12H15ClN4O2. The number of nitrogens with zero attached hydrogens (tertiary/aromatic N) is 1. The van der Waals surface area contributed by atoms with Crippen LogP contribution in [0.1, 0.15) is 10.4 Å². The molecule has 0 saturated carbocycles. The van der Waals surface area contributed by atoms with Crippen LogP contribution in [0.2, 0.25) is 5.02 Å². The van der Waals surface area contributed by atoms with Gasteiger partial charge in [0.1, 0.15) is 6.04 Å². The SMILES string of the molecule is NC(=O)c1ccc(Cl)cc1N1CCNCC1C(N)=O. The predicted molar refractivity (Wildman–Crippen MR) is 73.2 cm³/mol. The molecule has 1 aliphatic rings. The molecule has 102 valence electrons. The number of nitrogens with two attached hydrogens (primary N) is 2. The van der Waals surface area contributed by atoms with E-state index >= 15 is 0 Å². The molecule has 0 aromatic heterocycles. The molecule has 1 saturated heterocycles. The smallest absolute Gasteiger partial charge is 0.250 e. The Labute approximate surface area is 115 Å². The molecule has 19 heavy (non-hydrogen) atoms. The molecule has 1 fully saturated rings. The highest BCUT2D eigenvalue weighted by atomic mass is 35.5.